The first kappa shape index (κ1) is 43.0. The summed E-state index contributed by atoms with van der Waals surface area (Å²) >= 11 is 0. The number of esters is 1. The Morgan fingerprint density at radius 1 is 0.481 bits per heavy atom. The van der Waals surface area contributed by atoms with Crippen LogP contribution in [0.1, 0.15) is 160 Å². The van der Waals surface area contributed by atoms with Crippen LogP contribution in [0.15, 0.2) is 10.6 Å². The van der Waals surface area contributed by atoms with Gasteiger partial charge in [-0.2, -0.15) is 0 Å². The fourth-order valence-corrected chi connectivity index (χ4v) is 14.4. The zero-order valence-corrected chi connectivity index (χ0v) is 37.1. The summed E-state index contributed by atoms with van der Waals surface area (Å²) < 4.78 is 35.6. The molecule has 300 valence electrons. The van der Waals surface area contributed by atoms with Gasteiger partial charge in [0.15, 0.2) is 0 Å². The van der Waals surface area contributed by atoms with Crippen LogP contribution in [-0.2, 0) is 27.6 Å². The molecule has 0 spiro atoms. The second-order valence-corrected chi connectivity index (χ2v) is 22.6. The van der Waals surface area contributed by atoms with Crippen molar-refractivity contribution in [2.45, 2.75) is 185 Å². The van der Waals surface area contributed by atoms with E-state index in [-0.39, 0.29) is 37.0 Å². The average molecular weight is 765 g/mol. The molecule has 13 atom stereocenters. The maximum atomic E-state index is 14.3. The first-order valence-electron chi connectivity index (χ1n) is 21.8. The van der Waals surface area contributed by atoms with E-state index in [0.29, 0.717) is 76.3 Å². The summed E-state index contributed by atoms with van der Waals surface area (Å²) in [7, 11) is -3.28. The molecule has 4 saturated carbocycles. The highest BCUT2D eigenvalue weighted by Crippen LogP contribution is 2.65. The van der Waals surface area contributed by atoms with Gasteiger partial charge in [-0.3, -0.25) is 0 Å². The lowest BCUT2D eigenvalue weighted by atomic mass is 9.75. The van der Waals surface area contributed by atoms with Gasteiger partial charge >= 0.3 is 5.97 Å². The fourth-order valence-electron chi connectivity index (χ4n) is 10.4. The number of cyclic esters (lactones) is 1. The van der Waals surface area contributed by atoms with Crippen LogP contribution in [0.3, 0.4) is 0 Å². The SMILES string of the molecule is CC(C)[C@H]1CC[C@@H](C)C[C@H]1OP(O[C@@H]1C[C@H](C)CC[C@H]1C(C)C)C1=C(P(O[C@@H]2C[C@H](C)CC[C@H]2C(C)C)O[C@@H]2C[C@H](C)CC[C@H]2C(C)C)COC1=O. The first-order chi connectivity index (χ1) is 24.6. The van der Waals surface area contributed by atoms with Crippen molar-refractivity contribution in [1.29, 1.82) is 0 Å². The van der Waals surface area contributed by atoms with E-state index in [2.05, 4.69) is 83.1 Å². The molecule has 6 nitrogen and oxygen atoms in total. The Bertz CT molecular complexity index is 1100. The van der Waals surface area contributed by atoms with Crippen LogP contribution in [0, 0.1) is 71.0 Å². The number of carbonyl (C=O) groups excluding carboxylic acids is 1. The fraction of sp³-hybridized carbons (Fsp3) is 0.932. The predicted molar refractivity (Wildman–Crippen MR) is 217 cm³/mol. The van der Waals surface area contributed by atoms with Crippen molar-refractivity contribution in [3.05, 3.63) is 10.6 Å². The molecule has 1 heterocycles. The van der Waals surface area contributed by atoms with Crippen molar-refractivity contribution in [2.75, 3.05) is 6.61 Å². The molecule has 0 aromatic rings. The van der Waals surface area contributed by atoms with Crippen molar-refractivity contribution in [1.82, 2.24) is 0 Å². The van der Waals surface area contributed by atoms with E-state index >= 15 is 0 Å². The quantitative estimate of drug-likeness (QED) is 0.130. The van der Waals surface area contributed by atoms with E-state index in [9.17, 15) is 4.79 Å². The van der Waals surface area contributed by atoms with Crippen LogP contribution in [0.4, 0.5) is 0 Å². The standard InChI is InChI=1S/C44H78O6P2/c1-26(2)34-17-13-30(9)21-38(34)47-51(48-39-22-31(10)14-18-35(39)27(3)4)42-25-46-44(45)43(42)52(49-40-23-32(11)15-19-36(40)28(5)6)50-41-24-33(12)16-20-37(41)29(7)8/h26-41H,13-25H2,1-12H3/t30-,31-,32-,33-,34+,35+,36-,37+,38-,39-,40-,41-,52?/m1/s1. The molecule has 0 saturated heterocycles. The van der Waals surface area contributed by atoms with Crippen LogP contribution in [0.5, 0.6) is 0 Å². The lowest BCUT2D eigenvalue weighted by Crippen LogP contribution is -2.36. The first-order valence-corrected chi connectivity index (χ1v) is 24.2. The van der Waals surface area contributed by atoms with Gasteiger partial charge in [-0.25, -0.2) is 4.79 Å². The highest BCUT2D eigenvalue weighted by Gasteiger charge is 2.47. The molecular weight excluding hydrogens is 686 g/mol. The number of hydrogen-bond donors (Lipinski definition) is 0. The zero-order valence-electron chi connectivity index (χ0n) is 35.3. The lowest BCUT2D eigenvalue weighted by molar-refractivity contribution is -0.135. The Morgan fingerprint density at radius 3 is 1.06 bits per heavy atom. The molecule has 8 heteroatoms. The molecule has 1 unspecified atom stereocenters. The number of ether oxygens (including phenoxy) is 1. The molecule has 0 aromatic heterocycles. The number of carbonyl (C=O) groups is 1. The third-order valence-electron chi connectivity index (χ3n) is 14.0. The summed E-state index contributed by atoms with van der Waals surface area (Å²) in [5.74, 6) is 5.99. The minimum Gasteiger partial charge on any atom is -0.457 e. The Morgan fingerprint density at radius 2 is 0.769 bits per heavy atom. The largest absolute Gasteiger partial charge is 0.457 e. The number of hydrogen-bond acceptors (Lipinski definition) is 6. The molecule has 1 aliphatic heterocycles. The van der Waals surface area contributed by atoms with E-state index in [1.54, 1.807) is 0 Å². The predicted octanol–water partition coefficient (Wildman–Crippen LogP) is 13.3. The third-order valence-corrected chi connectivity index (χ3v) is 17.6. The summed E-state index contributed by atoms with van der Waals surface area (Å²) in [6.07, 6.45) is 14.0. The molecule has 0 N–H and O–H groups in total. The smallest absolute Gasteiger partial charge is 0.344 e. The molecule has 5 rings (SSSR count). The van der Waals surface area contributed by atoms with Gasteiger partial charge in [0.2, 0.25) is 16.8 Å². The summed E-state index contributed by atoms with van der Waals surface area (Å²) in [4.78, 5) is 14.3. The maximum Gasteiger partial charge on any atom is 0.344 e. The van der Waals surface area contributed by atoms with Gasteiger partial charge in [0, 0.05) is 0 Å². The van der Waals surface area contributed by atoms with Crippen LogP contribution in [-0.4, -0.2) is 37.0 Å². The van der Waals surface area contributed by atoms with Crippen molar-refractivity contribution < 1.29 is 27.6 Å². The molecule has 52 heavy (non-hydrogen) atoms. The molecule has 0 aromatic carbocycles. The van der Waals surface area contributed by atoms with E-state index in [1.807, 2.05) is 0 Å². The Labute approximate surface area is 322 Å². The Hall–Kier alpha value is -0.0900. The van der Waals surface area contributed by atoms with Crippen LogP contribution in [0.2, 0.25) is 0 Å². The minimum atomic E-state index is -1.71. The third kappa shape index (κ3) is 10.8. The van der Waals surface area contributed by atoms with Crippen molar-refractivity contribution in [3.63, 3.8) is 0 Å². The molecule has 0 bridgehead atoms. The van der Waals surface area contributed by atoms with Gasteiger partial charge in [-0.05, 0) is 122 Å². The second kappa shape index (κ2) is 19.4. The van der Waals surface area contributed by atoms with Crippen LogP contribution >= 0.6 is 16.8 Å². The summed E-state index contributed by atoms with van der Waals surface area (Å²) in [6, 6.07) is 0. The van der Waals surface area contributed by atoms with Crippen LogP contribution in [0.25, 0.3) is 0 Å². The highest BCUT2D eigenvalue weighted by molar-refractivity contribution is 7.58. The monoisotopic (exact) mass is 765 g/mol. The molecule has 4 fully saturated rings. The van der Waals surface area contributed by atoms with Crippen LogP contribution < -0.4 is 0 Å². The lowest BCUT2D eigenvalue weighted by Gasteiger charge is -2.43. The topological polar surface area (TPSA) is 63.2 Å². The van der Waals surface area contributed by atoms with Gasteiger partial charge in [0.05, 0.1) is 29.7 Å². The van der Waals surface area contributed by atoms with E-state index in [4.69, 9.17) is 22.8 Å². The van der Waals surface area contributed by atoms with E-state index in [0.717, 1.165) is 43.8 Å². The number of rotatable bonds is 14. The van der Waals surface area contributed by atoms with Gasteiger partial charge in [-0.1, -0.05) is 109 Å². The van der Waals surface area contributed by atoms with Gasteiger partial charge in [0.25, 0.3) is 0 Å². The average Bonchev–Trinajstić information content (AvgIpc) is 3.44. The highest BCUT2D eigenvalue weighted by atomic mass is 31.2. The normalized spacial score (nSPS) is 38.6. The molecule has 5 aliphatic rings. The molecule has 0 amide bonds. The second-order valence-electron chi connectivity index (χ2n) is 19.8. The summed E-state index contributed by atoms with van der Waals surface area (Å²) in [5, 5.41) is 1.53. The Kier molecular flexibility index (Phi) is 16.0. The van der Waals surface area contributed by atoms with Crippen molar-refractivity contribution in [3.8, 4) is 0 Å². The zero-order chi connectivity index (χ0) is 37.9. The van der Waals surface area contributed by atoms with Gasteiger partial charge in [0.1, 0.15) is 11.9 Å². The van der Waals surface area contributed by atoms with Crippen molar-refractivity contribution >= 4 is 22.7 Å². The summed E-state index contributed by atoms with van der Waals surface area (Å²) in [5.41, 5.74) is 0. The Balaban J connectivity index is 1.58. The molecule has 4 aliphatic carbocycles. The summed E-state index contributed by atoms with van der Waals surface area (Å²) in [6.45, 7) is 28.4. The minimum absolute atomic E-state index is 0.0534. The maximum absolute atomic E-state index is 14.3. The molecule has 0 radical (unpaired) electrons. The van der Waals surface area contributed by atoms with Gasteiger partial charge in [-0.15, -0.1) is 0 Å². The molecular formula is C44H78O6P2. The van der Waals surface area contributed by atoms with Crippen molar-refractivity contribution in [2.24, 2.45) is 71.0 Å². The van der Waals surface area contributed by atoms with Gasteiger partial charge < -0.3 is 22.8 Å². The van der Waals surface area contributed by atoms with E-state index in [1.165, 1.54) is 38.5 Å². The van der Waals surface area contributed by atoms with E-state index < -0.39 is 16.8 Å².